The van der Waals surface area contributed by atoms with Gasteiger partial charge in [-0.2, -0.15) is 0 Å². The van der Waals surface area contributed by atoms with Crippen molar-refractivity contribution in [2.24, 2.45) is 5.92 Å². The SMILES string of the molecule is COc1cc2cc(C(=O)CCC(=O)OC(CC3c4ccccc4-c4cncn43)C3CCCCC3)sc2cc1OC. The summed E-state index contributed by atoms with van der Waals surface area (Å²) in [6, 6.07) is 14.1. The highest BCUT2D eigenvalue weighted by molar-refractivity contribution is 7.20. The van der Waals surface area contributed by atoms with E-state index in [-0.39, 0.29) is 36.7 Å². The van der Waals surface area contributed by atoms with Gasteiger partial charge in [0.25, 0.3) is 0 Å². The van der Waals surface area contributed by atoms with Crippen molar-refractivity contribution in [3.63, 3.8) is 0 Å². The molecule has 3 heterocycles. The number of fused-ring (bicyclic) bond motifs is 4. The molecule has 0 bridgehead atoms. The number of hydrogen-bond acceptors (Lipinski definition) is 7. The fraction of sp³-hybridized carbons (Fsp3) is 0.406. The molecule has 7 nitrogen and oxygen atoms in total. The van der Waals surface area contributed by atoms with Crippen LogP contribution in [0.25, 0.3) is 21.3 Å². The lowest BCUT2D eigenvalue weighted by molar-refractivity contribution is -0.153. The molecule has 208 valence electrons. The fourth-order valence-corrected chi connectivity index (χ4v) is 7.35. The Balaban J connectivity index is 1.15. The summed E-state index contributed by atoms with van der Waals surface area (Å²) in [5.74, 6) is 1.22. The van der Waals surface area contributed by atoms with Crippen LogP contribution in [0.3, 0.4) is 0 Å². The van der Waals surface area contributed by atoms with Crippen LogP contribution in [0.5, 0.6) is 11.5 Å². The zero-order valence-corrected chi connectivity index (χ0v) is 23.7. The predicted molar refractivity (Wildman–Crippen MR) is 155 cm³/mol. The van der Waals surface area contributed by atoms with Gasteiger partial charge in [-0.15, -0.1) is 11.3 Å². The third-order valence-electron chi connectivity index (χ3n) is 8.37. The number of carbonyl (C=O) groups is 2. The quantitative estimate of drug-likeness (QED) is 0.151. The topological polar surface area (TPSA) is 79.7 Å². The summed E-state index contributed by atoms with van der Waals surface area (Å²) < 4.78 is 20.1. The maximum absolute atomic E-state index is 13.2. The van der Waals surface area contributed by atoms with Gasteiger partial charge in [-0.25, -0.2) is 4.98 Å². The van der Waals surface area contributed by atoms with Crippen LogP contribution in [0.2, 0.25) is 0 Å². The molecule has 8 heteroatoms. The van der Waals surface area contributed by atoms with Crippen LogP contribution in [0.15, 0.2) is 55.0 Å². The van der Waals surface area contributed by atoms with E-state index in [4.69, 9.17) is 14.2 Å². The van der Waals surface area contributed by atoms with Crippen molar-refractivity contribution < 1.29 is 23.8 Å². The van der Waals surface area contributed by atoms with E-state index in [2.05, 4.69) is 33.8 Å². The highest BCUT2D eigenvalue weighted by Gasteiger charge is 2.35. The zero-order valence-electron chi connectivity index (χ0n) is 22.9. The molecule has 2 aromatic carbocycles. The molecular weight excluding hydrogens is 524 g/mol. The second-order valence-corrected chi connectivity index (χ2v) is 11.8. The zero-order chi connectivity index (χ0) is 27.6. The second kappa shape index (κ2) is 11.5. The third kappa shape index (κ3) is 5.12. The Morgan fingerprint density at radius 3 is 2.60 bits per heavy atom. The molecule has 40 heavy (non-hydrogen) atoms. The number of imidazole rings is 1. The van der Waals surface area contributed by atoms with Gasteiger partial charge < -0.3 is 18.8 Å². The van der Waals surface area contributed by atoms with E-state index in [0.717, 1.165) is 41.5 Å². The number of rotatable bonds is 10. The van der Waals surface area contributed by atoms with Crippen molar-refractivity contribution in [2.45, 2.75) is 63.5 Å². The smallest absolute Gasteiger partial charge is 0.306 e. The molecule has 2 aromatic heterocycles. The van der Waals surface area contributed by atoms with E-state index < -0.39 is 0 Å². The highest BCUT2D eigenvalue weighted by atomic mass is 32.1. The fourth-order valence-electron chi connectivity index (χ4n) is 6.31. The summed E-state index contributed by atoms with van der Waals surface area (Å²) in [6.07, 6.45) is 10.2. The number of hydrogen-bond donors (Lipinski definition) is 0. The molecule has 0 saturated heterocycles. The minimum Gasteiger partial charge on any atom is -0.493 e. The second-order valence-electron chi connectivity index (χ2n) is 10.7. The molecule has 6 rings (SSSR count). The van der Waals surface area contributed by atoms with Crippen molar-refractivity contribution >= 4 is 33.2 Å². The molecule has 2 aliphatic rings. The Hall–Kier alpha value is -3.65. The number of Topliss-reactive ketones (excluding diaryl/α,β-unsaturated/α-hetero) is 1. The summed E-state index contributed by atoms with van der Waals surface area (Å²) in [7, 11) is 3.18. The van der Waals surface area contributed by atoms with Gasteiger partial charge >= 0.3 is 5.97 Å². The van der Waals surface area contributed by atoms with Crippen LogP contribution in [0, 0.1) is 5.92 Å². The largest absolute Gasteiger partial charge is 0.493 e. The summed E-state index contributed by atoms with van der Waals surface area (Å²) in [4.78, 5) is 31.2. The van der Waals surface area contributed by atoms with E-state index >= 15 is 0 Å². The van der Waals surface area contributed by atoms with Crippen LogP contribution in [-0.4, -0.2) is 41.6 Å². The van der Waals surface area contributed by atoms with Gasteiger partial charge in [-0.1, -0.05) is 43.5 Å². The van der Waals surface area contributed by atoms with Gasteiger partial charge in [0.2, 0.25) is 0 Å². The molecule has 1 aliphatic heterocycles. The normalized spacial score (nSPS) is 17.3. The number of methoxy groups -OCH3 is 2. The van der Waals surface area contributed by atoms with E-state index in [1.54, 1.807) is 14.2 Å². The maximum atomic E-state index is 13.2. The van der Waals surface area contributed by atoms with Gasteiger partial charge in [-0.3, -0.25) is 9.59 Å². The Bertz CT molecular complexity index is 1490. The van der Waals surface area contributed by atoms with Gasteiger partial charge in [0.05, 0.1) is 49.8 Å². The number of ether oxygens (including phenoxy) is 3. The first-order chi connectivity index (χ1) is 19.6. The number of ketones is 1. The first-order valence-electron chi connectivity index (χ1n) is 14.0. The average Bonchev–Trinajstić information content (AvgIpc) is 3.70. The molecular formula is C32H34N2O5S. The van der Waals surface area contributed by atoms with Gasteiger partial charge in [0.15, 0.2) is 17.3 Å². The summed E-state index contributed by atoms with van der Waals surface area (Å²) in [5, 5.41) is 0.918. The summed E-state index contributed by atoms with van der Waals surface area (Å²) in [5.41, 5.74) is 3.56. The molecule has 0 spiro atoms. The molecule has 2 atom stereocenters. The lowest BCUT2D eigenvalue weighted by atomic mass is 9.82. The van der Waals surface area contributed by atoms with Crippen LogP contribution >= 0.6 is 11.3 Å². The Labute approximate surface area is 238 Å². The molecule has 1 saturated carbocycles. The van der Waals surface area contributed by atoms with Crippen molar-refractivity contribution in [3.05, 3.63) is 65.4 Å². The van der Waals surface area contributed by atoms with Crippen molar-refractivity contribution in [1.82, 2.24) is 9.55 Å². The molecule has 1 aliphatic carbocycles. The molecule has 1 fully saturated rings. The first-order valence-corrected chi connectivity index (χ1v) is 14.9. The van der Waals surface area contributed by atoms with Crippen LogP contribution in [-0.2, 0) is 9.53 Å². The number of thiophene rings is 1. The molecule has 2 unspecified atom stereocenters. The van der Waals surface area contributed by atoms with E-state index in [1.807, 2.05) is 30.7 Å². The molecule has 0 amide bonds. The number of benzene rings is 2. The average molecular weight is 559 g/mol. The lowest BCUT2D eigenvalue weighted by Crippen LogP contribution is -2.31. The molecule has 0 radical (unpaired) electrons. The number of esters is 1. The summed E-state index contributed by atoms with van der Waals surface area (Å²) in [6.45, 7) is 0. The van der Waals surface area contributed by atoms with Crippen molar-refractivity contribution in [2.75, 3.05) is 14.2 Å². The van der Waals surface area contributed by atoms with Crippen LogP contribution < -0.4 is 9.47 Å². The Morgan fingerprint density at radius 2 is 1.80 bits per heavy atom. The standard InChI is InChI=1S/C32H34N2O5S/c1-37-28-14-21-15-31(40-30(21)17-29(28)38-2)26(35)12-13-32(36)39-27(20-8-4-3-5-9-20)16-24-22-10-6-7-11-23(22)25-18-33-19-34(24)25/h6-7,10-11,14-15,17-20,24,27H,3-5,8-9,12-13,16H2,1-2H3. The van der Waals surface area contributed by atoms with Crippen LogP contribution in [0.1, 0.15) is 72.6 Å². The monoisotopic (exact) mass is 558 g/mol. The number of aromatic nitrogens is 2. The predicted octanol–water partition coefficient (Wildman–Crippen LogP) is 7.23. The summed E-state index contributed by atoms with van der Waals surface area (Å²) >= 11 is 1.41. The van der Waals surface area contributed by atoms with Gasteiger partial charge in [0, 0.05) is 29.2 Å². The van der Waals surface area contributed by atoms with Crippen LogP contribution in [0.4, 0.5) is 0 Å². The van der Waals surface area contributed by atoms with Crippen molar-refractivity contribution in [3.8, 4) is 22.8 Å². The van der Waals surface area contributed by atoms with E-state index in [0.29, 0.717) is 28.7 Å². The third-order valence-corrected chi connectivity index (χ3v) is 9.50. The van der Waals surface area contributed by atoms with E-state index in [9.17, 15) is 9.59 Å². The van der Waals surface area contributed by atoms with E-state index in [1.165, 1.54) is 28.9 Å². The number of carbonyl (C=O) groups excluding carboxylic acids is 2. The minimum absolute atomic E-state index is 0.0573. The van der Waals surface area contributed by atoms with Gasteiger partial charge in [0.1, 0.15) is 6.10 Å². The number of nitrogens with zero attached hydrogens (tertiary/aromatic N) is 2. The van der Waals surface area contributed by atoms with Crippen molar-refractivity contribution in [1.29, 1.82) is 0 Å². The minimum atomic E-state index is -0.300. The molecule has 4 aromatic rings. The molecule has 0 N–H and O–H groups in total. The highest BCUT2D eigenvalue weighted by Crippen LogP contribution is 2.43. The van der Waals surface area contributed by atoms with Gasteiger partial charge in [-0.05, 0) is 41.8 Å². The first kappa shape index (κ1) is 26.6. The maximum Gasteiger partial charge on any atom is 0.306 e. The Morgan fingerprint density at radius 1 is 1.02 bits per heavy atom. The Kier molecular flexibility index (Phi) is 7.61. The lowest BCUT2D eigenvalue weighted by Gasteiger charge is -2.32.